The van der Waals surface area contributed by atoms with E-state index in [1.54, 1.807) is 18.2 Å². The van der Waals surface area contributed by atoms with Gasteiger partial charge in [0, 0.05) is 48.5 Å². The van der Waals surface area contributed by atoms with Gasteiger partial charge in [-0.1, -0.05) is 18.2 Å². The van der Waals surface area contributed by atoms with Gasteiger partial charge in [0.2, 0.25) is 11.8 Å². The van der Waals surface area contributed by atoms with E-state index in [1.165, 1.54) is 18.5 Å². The predicted molar refractivity (Wildman–Crippen MR) is 158 cm³/mol. The molecule has 10 nitrogen and oxygen atoms in total. The number of nitrogens with zero attached hydrogens (tertiary/aromatic N) is 3. The predicted octanol–water partition coefficient (Wildman–Crippen LogP) is 4.50. The van der Waals surface area contributed by atoms with Gasteiger partial charge in [0.05, 0.1) is 18.7 Å². The Bertz CT molecular complexity index is 1490. The minimum Gasteiger partial charge on any atom is -0.457 e. The molecule has 0 saturated carbocycles. The summed E-state index contributed by atoms with van der Waals surface area (Å²) in [6, 6.07) is 22.5. The van der Waals surface area contributed by atoms with Crippen molar-refractivity contribution in [3.05, 3.63) is 91.3 Å². The summed E-state index contributed by atoms with van der Waals surface area (Å²) in [5.41, 5.74) is 2.10. The average Bonchev–Trinajstić information content (AvgIpc) is 3.00. The van der Waals surface area contributed by atoms with Crippen molar-refractivity contribution < 1.29 is 19.1 Å². The van der Waals surface area contributed by atoms with Crippen molar-refractivity contribution >= 4 is 39.9 Å². The zero-order valence-electron chi connectivity index (χ0n) is 22.6. The number of ether oxygens (including phenoxy) is 2. The lowest BCUT2D eigenvalue weighted by Gasteiger charge is -2.26. The molecule has 41 heavy (non-hydrogen) atoms. The minimum atomic E-state index is -0.409. The number of aromatic nitrogens is 2. The number of nitrogens with one attached hydrogen (secondary N) is 3. The maximum Gasteiger partial charge on any atom is 0.248 e. The number of fused-ring (bicyclic) bond motifs is 1. The monoisotopic (exact) mass is 552 g/mol. The van der Waals surface area contributed by atoms with Gasteiger partial charge < -0.3 is 25.4 Å². The first kappa shape index (κ1) is 27.8. The average molecular weight is 553 g/mol. The molecule has 1 aliphatic rings. The smallest absolute Gasteiger partial charge is 0.248 e. The molecule has 0 radical (unpaired) electrons. The third kappa shape index (κ3) is 8.34. The summed E-state index contributed by atoms with van der Waals surface area (Å²) in [6.07, 6.45) is 4.79. The van der Waals surface area contributed by atoms with Gasteiger partial charge in [-0.05, 0) is 67.6 Å². The number of benzene rings is 3. The quantitative estimate of drug-likeness (QED) is 0.184. The SMILES string of the molecule is O=C(/C=C/C(=O)Nc1ccc2ncnc(Nc3ccc(Oc4ccccc4)cc3)c2c1)NCCCN1CCOCC1. The number of amides is 2. The molecule has 1 saturated heterocycles. The highest BCUT2D eigenvalue weighted by Gasteiger charge is 2.10. The Morgan fingerprint density at radius 1 is 0.878 bits per heavy atom. The summed E-state index contributed by atoms with van der Waals surface area (Å²) in [4.78, 5) is 35.6. The zero-order chi connectivity index (χ0) is 28.3. The maximum atomic E-state index is 12.5. The van der Waals surface area contributed by atoms with Crippen LogP contribution in [-0.4, -0.2) is 66.1 Å². The van der Waals surface area contributed by atoms with E-state index in [0.29, 0.717) is 23.8 Å². The highest BCUT2D eigenvalue weighted by molar-refractivity contribution is 6.04. The minimum absolute atomic E-state index is 0.305. The van der Waals surface area contributed by atoms with Gasteiger partial charge in [-0.2, -0.15) is 0 Å². The summed E-state index contributed by atoms with van der Waals surface area (Å²) >= 11 is 0. The van der Waals surface area contributed by atoms with Crippen LogP contribution in [0.2, 0.25) is 0 Å². The first-order valence-corrected chi connectivity index (χ1v) is 13.5. The van der Waals surface area contributed by atoms with E-state index >= 15 is 0 Å². The highest BCUT2D eigenvalue weighted by Crippen LogP contribution is 2.28. The van der Waals surface area contributed by atoms with Crippen molar-refractivity contribution in [3.8, 4) is 11.5 Å². The molecule has 3 aromatic carbocycles. The summed E-state index contributed by atoms with van der Waals surface area (Å²) in [7, 11) is 0. The Morgan fingerprint density at radius 2 is 1.61 bits per heavy atom. The number of hydrogen-bond donors (Lipinski definition) is 3. The van der Waals surface area contributed by atoms with E-state index in [0.717, 1.165) is 61.6 Å². The van der Waals surface area contributed by atoms with Gasteiger partial charge in [0.25, 0.3) is 0 Å². The Labute approximate surface area is 238 Å². The van der Waals surface area contributed by atoms with Crippen molar-refractivity contribution in [1.82, 2.24) is 20.2 Å². The second kappa shape index (κ2) is 14.0. The first-order chi connectivity index (χ1) is 20.1. The third-order valence-corrected chi connectivity index (χ3v) is 6.44. The fourth-order valence-corrected chi connectivity index (χ4v) is 4.33. The van der Waals surface area contributed by atoms with Gasteiger partial charge in [-0.25, -0.2) is 9.97 Å². The maximum absolute atomic E-state index is 12.5. The van der Waals surface area contributed by atoms with Crippen LogP contribution in [0.1, 0.15) is 6.42 Å². The van der Waals surface area contributed by atoms with E-state index in [-0.39, 0.29) is 5.91 Å². The van der Waals surface area contributed by atoms with E-state index in [2.05, 4.69) is 30.8 Å². The molecule has 3 N–H and O–H groups in total. The highest BCUT2D eigenvalue weighted by atomic mass is 16.5. The number of carbonyl (C=O) groups is 2. The van der Waals surface area contributed by atoms with Crippen molar-refractivity contribution in [2.45, 2.75) is 6.42 Å². The second-order valence-electron chi connectivity index (χ2n) is 9.44. The number of anilines is 3. The largest absolute Gasteiger partial charge is 0.457 e. The summed E-state index contributed by atoms with van der Waals surface area (Å²) in [5, 5.41) is 9.65. The van der Waals surface area contributed by atoms with Crippen LogP contribution in [0.3, 0.4) is 0 Å². The Kier molecular flexibility index (Phi) is 9.49. The van der Waals surface area contributed by atoms with Crippen LogP contribution in [0.4, 0.5) is 17.2 Å². The zero-order valence-corrected chi connectivity index (χ0v) is 22.6. The standard InChI is InChI=1S/C31H32N6O4/c38-29(32-15-4-16-37-17-19-40-20-18-37)13-14-30(39)35-24-9-12-28-27(21-24)31(34-22-33-28)36-23-7-10-26(11-8-23)41-25-5-2-1-3-6-25/h1-3,5-14,21-22H,4,15-20H2,(H,32,38)(H,35,39)(H,33,34,36)/b14-13+. The molecule has 4 aromatic rings. The van der Waals surface area contributed by atoms with E-state index in [4.69, 9.17) is 9.47 Å². The fourth-order valence-electron chi connectivity index (χ4n) is 4.33. The van der Waals surface area contributed by atoms with Crippen molar-refractivity contribution in [3.63, 3.8) is 0 Å². The molecular weight excluding hydrogens is 520 g/mol. The Morgan fingerprint density at radius 3 is 2.41 bits per heavy atom. The molecule has 1 fully saturated rings. The first-order valence-electron chi connectivity index (χ1n) is 13.5. The van der Waals surface area contributed by atoms with Crippen LogP contribution in [0, 0.1) is 0 Å². The normalized spacial score (nSPS) is 13.7. The molecule has 0 bridgehead atoms. The molecular formula is C31H32N6O4. The summed E-state index contributed by atoms with van der Waals surface area (Å²) in [5.74, 6) is 1.36. The third-order valence-electron chi connectivity index (χ3n) is 6.44. The lowest BCUT2D eigenvalue weighted by atomic mass is 10.2. The van der Waals surface area contributed by atoms with Gasteiger partial charge in [0.15, 0.2) is 0 Å². The summed E-state index contributed by atoms with van der Waals surface area (Å²) < 4.78 is 11.2. The molecule has 0 aliphatic carbocycles. The molecule has 2 amide bonds. The topological polar surface area (TPSA) is 118 Å². The fraction of sp³-hybridized carbons (Fsp3) is 0.226. The number of morpholine rings is 1. The lowest BCUT2D eigenvalue weighted by Crippen LogP contribution is -2.38. The van der Waals surface area contributed by atoms with Gasteiger partial charge in [-0.15, -0.1) is 0 Å². The Balaban J connectivity index is 1.14. The van der Waals surface area contributed by atoms with Crippen molar-refractivity contribution in [2.75, 3.05) is 50.0 Å². The van der Waals surface area contributed by atoms with Crippen LogP contribution in [-0.2, 0) is 14.3 Å². The number of carbonyl (C=O) groups excluding carboxylic acids is 2. The summed E-state index contributed by atoms with van der Waals surface area (Å²) in [6.45, 7) is 4.81. The molecule has 210 valence electrons. The van der Waals surface area contributed by atoms with E-state index < -0.39 is 5.91 Å². The van der Waals surface area contributed by atoms with E-state index in [1.807, 2.05) is 54.6 Å². The van der Waals surface area contributed by atoms with Crippen LogP contribution in [0.15, 0.2) is 91.3 Å². The Hall–Kier alpha value is -4.80. The molecule has 1 aliphatic heterocycles. The second-order valence-corrected chi connectivity index (χ2v) is 9.44. The molecule has 2 heterocycles. The van der Waals surface area contributed by atoms with Crippen LogP contribution in [0.25, 0.3) is 10.9 Å². The molecule has 0 atom stereocenters. The number of rotatable bonds is 11. The van der Waals surface area contributed by atoms with Crippen LogP contribution in [0.5, 0.6) is 11.5 Å². The van der Waals surface area contributed by atoms with Gasteiger partial charge in [0.1, 0.15) is 23.6 Å². The molecule has 0 spiro atoms. The van der Waals surface area contributed by atoms with Crippen LogP contribution >= 0.6 is 0 Å². The van der Waals surface area contributed by atoms with Crippen molar-refractivity contribution in [2.24, 2.45) is 0 Å². The number of hydrogen-bond acceptors (Lipinski definition) is 8. The van der Waals surface area contributed by atoms with E-state index in [9.17, 15) is 9.59 Å². The van der Waals surface area contributed by atoms with Gasteiger partial charge in [-0.3, -0.25) is 14.5 Å². The lowest BCUT2D eigenvalue weighted by molar-refractivity contribution is -0.117. The molecule has 0 unspecified atom stereocenters. The molecule has 5 rings (SSSR count). The molecule has 1 aromatic heterocycles. The number of para-hydroxylation sites is 1. The van der Waals surface area contributed by atoms with Gasteiger partial charge >= 0.3 is 0 Å². The van der Waals surface area contributed by atoms with Crippen molar-refractivity contribution in [1.29, 1.82) is 0 Å². The van der Waals surface area contributed by atoms with Crippen LogP contribution < -0.4 is 20.7 Å². The molecule has 10 heteroatoms.